The molecule has 1 amide bonds. The summed E-state index contributed by atoms with van der Waals surface area (Å²) in [7, 11) is 1.73. The molecule has 0 N–H and O–H groups in total. The van der Waals surface area contributed by atoms with Crippen molar-refractivity contribution < 1.29 is 4.79 Å². The maximum atomic E-state index is 10.7. The predicted octanol–water partition coefficient (Wildman–Crippen LogP) is 1.55. The Kier molecular flexibility index (Phi) is 3.47. The van der Waals surface area contributed by atoms with Crippen LogP contribution in [0.15, 0.2) is 24.4 Å². The van der Waals surface area contributed by atoms with Crippen molar-refractivity contribution in [3.63, 3.8) is 0 Å². The topological polar surface area (TPSA) is 20.3 Å². The molecule has 0 saturated heterocycles. The summed E-state index contributed by atoms with van der Waals surface area (Å²) < 4.78 is 0. The fraction of sp³-hybridized carbons (Fsp3) is 0.375. The number of hydrogen-bond donors (Lipinski definition) is 0. The Hall–Kier alpha value is -1.05. The Labute approximate surface area is 61.8 Å². The summed E-state index contributed by atoms with van der Waals surface area (Å²) in [5.41, 5.74) is 0.905. The highest BCUT2D eigenvalue weighted by Crippen LogP contribution is 1.99. The standard InChI is InChI=1S/C8H13NO/c1-5-6-7(2)9(4)8(3)10/h5-6H,1H2,2-4H3/b7-6+. The van der Waals surface area contributed by atoms with Crippen LogP contribution in [0.2, 0.25) is 0 Å². The molecule has 0 spiro atoms. The quantitative estimate of drug-likeness (QED) is 0.531. The molecule has 2 heteroatoms. The lowest BCUT2D eigenvalue weighted by Crippen LogP contribution is -2.21. The molecule has 0 aromatic heterocycles. The van der Waals surface area contributed by atoms with Crippen molar-refractivity contribution in [1.82, 2.24) is 4.90 Å². The number of carbonyl (C=O) groups is 1. The number of allylic oxidation sites excluding steroid dienone is 3. The smallest absolute Gasteiger partial charge is 0.223 e. The van der Waals surface area contributed by atoms with E-state index in [-0.39, 0.29) is 5.91 Å². The molecule has 0 heterocycles. The summed E-state index contributed by atoms with van der Waals surface area (Å²) in [6, 6.07) is 0. The first-order valence-electron chi connectivity index (χ1n) is 3.13. The minimum atomic E-state index is 0.0376. The molecule has 0 aliphatic carbocycles. The lowest BCUT2D eigenvalue weighted by Gasteiger charge is -2.14. The van der Waals surface area contributed by atoms with Crippen LogP contribution in [0.4, 0.5) is 0 Å². The molecule has 0 rings (SSSR count). The second kappa shape index (κ2) is 3.88. The van der Waals surface area contributed by atoms with Crippen LogP contribution in [0.5, 0.6) is 0 Å². The van der Waals surface area contributed by atoms with Crippen molar-refractivity contribution in [2.45, 2.75) is 13.8 Å². The van der Waals surface area contributed by atoms with Crippen LogP contribution in [-0.4, -0.2) is 17.9 Å². The van der Waals surface area contributed by atoms with E-state index in [2.05, 4.69) is 6.58 Å². The van der Waals surface area contributed by atoms with Gasteiger partial charge in [-0.05, 0) is 13.0 Å². The number of amides is 1. The summed E-state index contributed by atoms with van der Waals surface area (Å²) in [5, 5.41) is 0. The average molecular weight is 139 g/mol. The monoisotopic (exact) mass is 139 g/mol. The zero-order valence-corrected chi connectivity index (χ0v) is 6.72. The van der Waals surface area contributed by atoms with Gasteiger partial charge in [0.2, 0.25) is 5.91 Å². The Morgan fingerprint density at radius 1 is 1.50 bits per heavy atom. The molecule has 2 nitrogen and oxygen atoms in total. The van der Waals surface area contributed by atoms with Gasteiger partial charge in [-0.3, -0.25) is 4.79 Å². The van der Waals surface area contributed by atoms with Gasteiger partial charge in [-0.1, -0.05) is 12.7 Å². The van der Waals surface area contributed by atoms with Crippen LogP contribution >= 0.6 is 0 Å². The normalized spacial score (nSPS) is 10.9. The highest BCUT2D eigenvalue weighted by molar-refractivity contribution is 5.74. The van der Waals surface area contributed by atoms with Crippen LogP contribution in [0.3, 0.4) is 0 Å². The number of hydrogen-bond acceptors (Lipinski definition) is 1. The lowest BCUT2D eigenvalue weighted by molar-refractivity contribution is -0.125. The van der Waals surface area contributed by atoms with Gasteiger partial charge in [0.15, 0.2) is 0 Å². The molecule has 0 radical (unpaired) electrons. The maximum Gasteiger partial charge on any atom is 0.223 e. The van der Waals surface area contributed by atoms with Crippen LogP contribution in [0.25, 0.3) is 0 Å². The largest absolute Gasteiger partial charge is 0.320 e. The second-order valence-corrected chi connectivity index (χ2v) is 2.12. The van der Waals surface area contributed by atoms with Gasteiger partial charge in [-0.2, -0.15) is 0 Å². The van der Waals surface area contributed by atoms with E-state index in [9.17, 15) is 4.79 Å². The van der Waals surface area contributed by atoms with Crippen molar-refractivity contribution in [2.75, 3.05) is 7.05 Å². The van der Waals surface area contributed by atoms with E-state index in [1.165, 1.54) is 6.92 Å². The highest BCUT2D eigenvalue weighted by Gasteiger charge is 2.00. The first-order valence-corrected chi connectivity index (χ1v) is 3.13. The molecule has 0 saturated carbocycles. The molecule has 0 aromatic carbocycles. The number of nitrogens with zero attached hydrogens (tertiary/aromatic N) is 1. The summed E-state index contributed by atoms with van der Waals surface area (Å²) in [6.07, 6.45) is 3.45. The van der Waals surface area contributed by atoms with Gasteiger partial charge < -0.3 is 4.90 Å². The number of carbonyl (C=O) groups excluding carboxylic acids is 1. The maximum absolute atomic E-state index is 10.7. The molecular weight excluding hydrogens is 126 g/mol. The van der Waals surface area contributed by atoms with Gasteiger partial charge in [0.25, 0.3) is 0 Å². The van der Waals surface area contributed by atoms with Crippen LogP contribution in [0.1, 0.15) is 13.8 Å². The van der Waals surface area contributed by atoms with Gasteiger partial charge >= 0.3 is 0 Å². The van der Waals surface area contributed by atoms with Crippen LogP contribution in [0, 0.1) is 0 Å². The molecule has 0 bridgehead atoms. The molecule has 10 heavy (non-hydrogen) atoms. The fourth-order valence-corrected chi connectivity index (χ4v) is 0.531. The molecule has 0 aromatic rings. The fourth-order valence-electron chi connectivity index (χ4n) is 0.531. The zero-order chi connectivity index (χ0) is 8.15. The van der Waals surface area contributed by atoms with E-state index >= 15 is 0 Å². The Morgan fingerprint density at radius 2 is 2.00 bits per heavy atom. The van der Waals surface area contributed by atoms with Gasteiger partial charge in [0, 0.05) is 19.7 Å². The molecular formula is C8H13NO. The third-order valence-corrected chi connectivity index (χ3v) is 1.36. The van der Waals surface area contributed by atoms with Crippen molar-refractivity contribution in [2.24, 2.45) is 0 Å². The third-order valence-electron chi connectivity index (χ3n) is 1.36. The minimum Gasteiger partial charge on any atom is -0.320 e. The van der Waals surface area contributed by atoms with Crippen LogP contribution < -0.4 is 0 Å². The summed E-state index contributed by atoms with van der Waals surface area (Å²) >= 11 is 0. The van der Waals surface area contributed by atoms with Crippen molar-refractivity contribution in [3.05, 3.63) is 24.4 Å². The number of rotatable bonds is 2. The summed E-state index contributed by atoms with van der Waals surface area (Å²) in [4.78, 5) is 12.3. The highest BCUT2D eigenvalue weighted by atomic mass is 16.2. The molecule has 56 valence electrons. The van der Waals surface area contributed by atoms with E-state index in [0.29, 0.717) is 0 Å². The van der Waals surface area contributed by atoms with Crippen LogP contribution in [-0.2, 0) is 4.79 Å². The van der Waals surface area contributed by atoms with Gasteiger partial charge in [-0.15, -0.1) is 0 Å². The lowest BCUT2D eigenvalue weighted by atomic mass is 10.4. The van der Waals surface area contributed by atoms with Crippen molar-refractivity contribution in [3.8, 4) is 0 Å². The predicted molar refractivity (Wildman–Crippen MR) is 42.4 cm³/mol. The first-order chi connectivity index (χ1) is 4.59. The minimum absolute atomic E-state index is 0.0376. The first kappa shape index (κ1) is 8.95. The van der Waals surface area contributed by atoms with E-state index in [0.717, 1.165) is 5.70 Å². The Bertz CT molecular complexity index is 170. The summed E-state index contributed by atoms with van der Waals surface area (Å²) in [6.45, 7) is 6.92. The molecule has 0 fully saturated rings. The zero-order valence-electron chi connectivity index (χ0n) is 6.72. The van der Waals surface area contributed by atoms with Crippen molar-refractivity contribution >= 4 is 5.91 Å². The molecule has 0 aliphatic rings. The van der Waals surface area contributed by atoms with Gasteiger partial charge in [0.1, 0.15) is 0 Å². The summed E-state index contributed by atoms with van der Waals surface area (Å²) in [5.74, 6) is 0.0376. The molecule has 0 aliphatic heterocycles. The van der Waals surface area contributed by atoms with E-state index in [4.69, 9.17) is 0 Å². The van der Waals surface area contributed by atoms with E-state index < -0.39 is 0 Å². The molecule has 0 atom stereocenters. The van der Waals surface area contributed by atoms with Crippen molar-refractivity contribution in [1.29, 1.82) is 0 Å². The van der Waals surface area contributed by atoms with Gasteiger partial charge in [-0.25, -0.2) is 0 Å². The Balaban J connectivity index is 4.19. The Morgan fingerprint density at radius 3 is 2.30 bits per heavy atom. The van der Waals surface area contributed by atoms with E-state index in [1.54, 1.807) is 24.1 Å². The molecule has 0 unspecified atom stereocenters. The second-order valence-electron chi connectivity index (χ2n) is 2.12. The third kappa shape index (κ3) is 2.49. The van der Waals surface area contributed by atoms with E-state index in [1.807, 2.05) is 6.92 Å². The average Bonchev–Trinajstić information content (AvgIpc) is 1.87. The van der Waals surface area contributed by atoms with Gasteiger partial charge in [0.05, 0.1) is 0 Å². The SMILES string of the molecule is C=C/C=C(\C)N(C)C(C)=O.